The third-order valence-electron chi connectivity index (χ3n) is 3.46. The smallest absolute Gasteiger partial charge is 0.333 e. The van der Waals surface area contributed by atoms with E-state index in [0.717, 1.165) is 12.5 Å². The van der Waals surface area contributed by atoms with Gasteiger partial charge < -0.3 is 32.7 Å². The molecule has 0 heterocycles. The summed E-state index contributed by atoms with van der Waals surface area (Å²) >= 11 is 0. The fourth-order valence-corrected chi connectivity index (χ4v) is 10.4. The third-order valence-corrected chi connectivity index (χ3v) is 12.1. The topological polar surface area (TPSA) is 121 Å². The van der Waals surface area contributed by atoms with E-state index in [4.69, 9.17) is 27.9 Å². The minimum atomic E-state index is -1.63. The number of carbonyl (C=O) groups excluding carboxylic acids is 2. The standard InChI is InChI=1S/C15H34O5Si3.C6H12O4/c1-14(2)15(16)18-12-11-17-10-9-13-21(19-22(3,4)5)20-23(6,7)8;1-3-5(8)10-6(9)4(2)7/h21H,1,9-13H2,2-8H3;4,6-7,9H,3H2,1-2H3. The van der Waals surface area contributed by atoms with E-state index in [2.05, 4.69) is 50.6 Å². The molecule has 196 valence electrons. The van der Waals surface area contributed by atoms with E-state index >= 15 is 0 Å². The van der Waals surface area contributed by atoms with Gasteiger partial charge in [0, 0.05) is 18.6 Å². The van der Waals surface area contributed by atoms with Gasteiger partial charge in [0.1, 0.15) is 12.7 Å². The maximum atomic E-state index is 11.2. The Bertz CT molecular complexity index is 556. The molecule has 0 spiro atoms. The molecule has 0 saturated heterocycles. The number of hydrogen-bond donors (Lipinski definition) is 2. The molecular formula is C21H46O9Si3. The second kappa shape index (κ2) is 17.5. The first kappa shape index (κ1) is 34.3. The lowest BCUT2D eigenvalue weighted by atomic mass is 10.4. The van der Waals surface area contributed by atoms with Crippen molar-refractivity contribution in [3.8, 4) is 0 Å². The molecule has 0 aliphatic carbocycles. The van der Waals surface area contributed by atoms with Crippen molar-refractivity contribution in [1.82, 2.24) is 0 Å². The molecule has 0 aliphatic rings. The van der Waals surface area contributed by atoms with Gasteiger partial charge in [0.2, 0.25) is 6.29 Å². The van der Waals surface area contributed by atoms with Crippen molar-refractivity contribution in [3.63, 3.8) is 0 Å². The molecule has 0 radical (unpaired) electrons. The van der Waals surface area contributed by atoms with Crippen LogP contribution in [0.1, 0.15) is 33.6 Å². The Morgan fingerprint density at radius 3 is 1.88 bits per heavy atom. The molecule has 0 aromatic carbocycles. The minimum absolute atomic E-state index is 0.198. The Hall–Kier alpha value is -0.869. The van der Waals surface area contributed by atoms with Gasteiger partial charge in [-0.3, -0.25) is 4.79 Å². The van der Waals surface area contributed by atoms with Crippen molar-refractivity contribution in [2.75, 3.05) is 19.8 Å². The molecule has 0 saturated carbocycles. The summed E-state index contributed by atoms with van der Waals surface area (Å²) in [7, 11) is -4.77. The van der Waals surface area contributed by atoms with Gasteiger partial charge in [-0.15, -0.1) is 0 Å². The number of esters is 2. The molecule has 0 bridgehead atoms. The van der Waals surface area contributed by atoms with Crippen molar-refractivity contribution < 1.29 is 42.2 Å². The molecule has 12 heteroatoms. The van der Waals surface area contributed by atoms with Crippen LogP contribution in [0, 0.1) is 0 Å². The predicted molar refractivity (Wildman–Crippen MR) is 136 cm³/mol. The molecular weight excluding hydrogens is 480 g/mol. The first-order chi connectivity index (χ1) is 15.0. The van der Waals surface area contributed by atoms with Crippen molar-refractivity contribution in [2.24, 2.45) is 0 Å². The quantitative estimate of drug-likeness (QED) is 0.109. The van der Waals surface area contributed by atoms with E-state index in [1.54, 1.807) is 13.8 Å². The first-order valence-electron chi connectivity index (χ1n) is 11.3. The molecule has 9 nitrogen and oxygen atoms in total. The maximum absolute atomic E-state index is 11.2. The van der Waals surface area contributed by atoms with Gasteiger partial charge in [-0.1, -0.05) is 13.5 Å². The predicted octanol–water partition coefficient (Wildman–Crippen LogP) is 3.07. The van der Waals surface area contributed by atoms with Crippen LogP contribution in [0.4, 0.5) is 0 Å². The van der Waals surface area contributed by atoms with Gasteiger partial charge in [0.05, 0.1) is 6.61 Å². The minimum Gasteiger partial charge on any atom is -0.460 e. The van der Waals surface area contributed by atoms with Crippen LogP contribution in [0.2, 0.25) is 45.3 Å². The van der Waals surface area contributed by atoms with Crippen molar-refractivity contribution in [3.05, 3.63) is 12.2 Å². The molecule has 0 rings (SSSR count). The zero-order chi connectivity index (χ0) is 26.2. The fourth-order valence-electron chi connectivity index (χ4n) is 2.02. The molecule has 2 atom stereocenters. The number of aliphatic hydroxyl groups excluding tert-OH is 2. The summed E-state index contributed by atoms with van der Waals surface area (Å²) < 4.78 is 27.3. The molecule has 2 unspecified atom stereocenters. The van der Waals surface area contributed by atoms with Crippen LogP contribution in [-0.2, 0) is 32.0 Å². The Labute approximate surface area is 203 Å². The van der Waals surface area contributed by atoms with Crippen LogP contribution in [0.25, 0.3) is 0 Å². The first-order valence-corrected chi connectivity index (χ1v) is 19.9. The number of carbonyl (C=O) groups is 2. The SMILES string of the molecule is C=C(C)C(=O)OCCOCCC[SiH](O[Si](C)(C)C)O[Si](C)(C)C.CCC(=O)OC(O)C(C)O. The molecule has 2 N–H and O–H groups in total. The maximum Gasteiger partial charge on any atom is 0.333 e. The summed E-state index contributed by atoms with van der Waals surface area (Å²) in [6.45, 7) is 22.6. The summed E-state index contributed by atoms with van der Waals surface area (Å²) in [5, 5.41) is 17.4. The molecule has 0 aromatic rings. The number of aliphatic hydroxyl groups is 2. The number of rotatable bonds is 15. The van der Waals surface area contributed by atoms with Gasteiger partial charge in [-0.2, -0.15) is 0 Å². The van der Waals surface area contributed by atoms with Crippen LogP contribution in [-0.4, -0.2) is 80.3 Å². The summed E-state index contributed by atoms with van der Waals surface area (Å²) in [5.41, 5.74) is 0.408. The van der Waals surface area contributed by atoms with E-state index < -0.39 is 44.3 Å². The lowest BCUT2D eigenvalue weighted by Crippen LogP contribution is -2.43. The zero-order valence-corrected chi connectivity index (χ0v) is 25.1. The largest absolute Gasteiger partial charge is 0.460 e. The highest BCUT2D eigenvalue weighted by atomic mass is 28.4. The van der Waals surface area contributed by atoms with Gasteiger partial charge in [-0.25, -0.2) is 4.79 Å². The second-order valence-electron chi connectivity index (χ2n) is 9.54. The van der Waals surface area contributed by atoms with E-state index in [9.17, 15) is 9.59 Å². The highest BCUT2D eigenvalue weighted by Crippen LogP contribution is 2.15. The number of hydrogen-bond acceptors (Lipinski definition) is 9. The van der Waals surface area contributed by atoms with Crippen LogP contribution in [0.3, 0.4) is 0 Å². The van der Waals surface area contributed by atoms with Gasteiger partial charge >= 0.3 is 21.2 Å². The van der Waals surface area contributed by atoms with Gasteiger partial charge in [0.25, 0.3) is 0 Å². The zero-order valence-electron chi connectivity index (χ0n) is 21.9. The van der Waals surface area contributed by atoms with Crippen molar-refractivity contribution >= 4 is 37.9 Å². The van der Waals surface area contributed by atoms with E-state index in [1.165, 1.54) is 6.92 Å². The average Bonchev–Trinajstić information content (AvgIpc) is 2.64. The average molecular weight is 527 g/mol. The molecule has 0 aliphatic heterocycles. The Morgan fingerprint density at radius 1 is 0.970 bits per heavy atom. The van der Waals surface area contributed by atoms with Crippen LogP contribution in [0.5, 0.6) is 0 Å². The van der Waals surface area contributed by atoms with Gasteiger partial charge in [0.15, 0.2) is 16.6 Å². The summed E-state index contributed by atoms with van der Waals surface area (Å²) in [6.07, 6.45) is -1.31. The third kappa shape index (κ3) is 24.1. The molecule has 0 amide bonds. The normalized spacial score (nSPS) is 13.6. The Morgan fingerprint density at radius 2 is 1.48 bits per heavy atom. The summed E-state index contributed by atoms with van der Waals surface area (Å²) in [4.78, 5) is 21.6. The van der Waals surface area contributed by atoms with E-state index in [-0.39, 0.29) is 19.0 Å². The Balaban J connectivity index is 0. The lowest BCUT2D eigenvalue weighted by molar-refractivity contribution is -0.184. The van der Waals surface area contributed by atoms with E-state index in [0.29, 0.717) is 18.8 Å². The monoisotopic (exact) mass is 526 g/mol. The molecule has 33 heavy (non-hydrogen) atoms. The van der Waals surface area contributed by atoms with Crippen LogP contribution in [0.15, 0.2) is 12.2 Å². The van der Waals surface area contributed by atoms with Gasteiger partial charge in [-0.05, 0) is 65.6 Å². The lowest BCUT2D eigenvalue weighted by Gasteiger charge is -2.30. The second-order valence-corrected chi connectivity index (χ2v) is 21.3. The van der Waals surface area contributed by atoms with Crippen LogP contribution >= 0.6 is 0 Å². The van der Waals surface area contributed by atoms with Crippen molar-refractivity contribution in [2.45, 2.75) is 91.3 Å². The fraction of sp³-hybridized carbons (Fsp3) is 0.810. The highest BCUT2D eigenvalue weighted by Gasteiger charge is 2.28. The Kier molecular flexibility index (Phi) is 18.2. The van der Waals surface area contributed by atoms with E-state index in [1.807, 2.05) is 0 Å². The van der Waals surface area contributed by atoms with Crippen LogP contribution < -0.4 is 0 Å². The van der Waals surface area contributed by atoms with Crippen molar-refractivity contribution in [1.29, 1.82) is 0 Å². The highest BCUT2D eigenvalue weighted by molar-refractivity contribution is 6.81. The summed E-state index contributed by atoms with van der Waals surface area (Å²) in [6, 6.07) is 0.958. The molecule has 0 fully saturated rings. The summed E-state index contributed by atoms with van der Waals surface area (Å²) in [5.74, 6) is -0.887. The molecule has 0 aromatic heterocycles. The number of ether oxygens (including phenoxy) is 3.